The summed E-state index contributed by atoms with van der Waals surface area (Å²) in [5.41, 5.74) is 9.70. The van der Waals surface area contributed by atoms with E-state index in [-0.39, 0.29) is 0 Å². The van der Waals surface area contributed by atoms with E-state index in [1.54, 1.807) is 0 Å². The quantitative estimate of drug-likeness (QED) is 0.412. The Morgan fingerprint density at radius 2 is 1.63 bits per heavy atom. The number of allylic oxidation sites excluding steroid dienone is 9. The average Bonchev–Trinajstić information content (AvgIpc) is 3.44. The Labute approximate surface area is 166 Å². The molecule has 0 atom stereocenters. The largest absolute Gasteiger partial charge is 0.0955 e. The van der Waals surface area contributed by atoms with Crippen LogP contribution in [0.3, 0.4) is 0 Å². The van der Waals surface area contributed by atoms with E-state index >= 15 is 0 Å². The van der Waals surface area contributed by atoms with Gasteiger partial charge in [0, 0.05) is 0 Å². The van der Waals surface area contributed by atoms with Gasteiger partial charge in [-0.1, -0.05) is 81.6 Å². The molecule has 0 unspecified atom stereocenters. The summed E-state index contributed by atoms with van der Waals surface area (Å²) in [7, 11) is 0. The summed E-state index contributed by atoms with van der Waals surface area (Å²) in [5.74, 6) is 1.03. The fourth-order valence-electron chi connectivity index (χ4n) is 3.82. The molecule has 2 rings (SSSR count). The molecule has 1 aliphatic carbocycles. The third-order valence-electron chi connectivity index (χ3n) is 5.21. The van der Waals surface area contributed by atoms with Gasteiger partial charge in [0.2, 0.25) is 0 Å². The van der Waals surface area contributed by atoms with Crippen molar-refractivity contribution < 1.29 is 0 Å². The molecule has 0 nitrogen and oxygen atoms in total. The summed E-state index contributed by atoms with van der Waals surface area (Å²) >= 11 is 0. The first kappa shape index (κ1) is 21.0. The van der Waals surface area contributed by atoms with E-state index in [1.165, 1.54) is 40.7 Å². The maximum atomic E-state index is 4.50. The van der Waals surface area contributed by atoms with E-state index < -0.39 is 0 Å². The van der Waals surface area contributed by atoms with Crippen LogP contribution in [-0.2, 0) is 0 Å². The zero-order valence-corrected chi connectivity index (χ0v) is 17.7. The molecular weight excluding hydrogens is 324 g/mol. The van der Waals surface area contributed by atoms with Crippen LogP contribution in [-0.4, -0.2) is 0 Å². The molecule has 1 aromatic rings. The van der Waals surface area contributed by atoms with Crippen LogP contribution in [0.25, 0.3) is 5.57 Å². The van der Waals surface area contributed by atoms with Crippen LogP contribution in [0.15, 0.2) is 95.7 Å². The van der Waals surface area contributed by atoms with Crippen LogP contribution < -0.4 is 0 Å². The lowest BCUT2D eigenvalue weighted by molar-refractivity contribution is 0.778. The molecule has 0 amide bonds. The van der Waals surface area contributed by atoms with Gasteiger partial charge in [-0.05, 0) is 84.5 Å². The Bertz CT molecular complexity index is 818. The van der Waals surface area contributed by atoms with E-state index in [4.69, 9.17) is 0 Å². The van der Waals surface area contributed by atoms with Crippen molar-refractivity contribution in [2.24, 2.45) is 11.8 Å². The van der Waals surface area contributed by atoms with Gasteiger partial charge in [0.1, 0.15) is 0 Å². The zero-order chi connectivity index (χ0) is 20.1. The fourth-order valence-corrected chi connectivity index (χ4v) is 3.82. The van der Waals surface area contributed by atoms with Gasteiger partial charge in [-0.3, -0.25) is 0 Å². The molecule has 1 fully saturated rings. The summed E-state index contributed by atoms with van der Waals surface area (Å²) in [6, 6.07) is 10.7. The van der Waals surface area contributed by atoms with Gasteiger partial charge in [0.15, 0.2) is 0 Å². The molecular formula is C27H34. The second-order valence-electron chi connectivity index (χ2n) is 7.94. The molecule has 0 radical (unpaired) electrons. The molecule has 0 spiro atoms. The summed E-state index contributed by atoms with van der Waals surface area (Å²) in [6.07, 6.45) is 6.82. The van der Waals surface area contributed by atoms with Crippen LogP contribution in [0.2, 0.25) is 0 Å². The average molecular weight is 359 g/mol. The predicted molar refractivity (Wildman–Crippen MR) is 122 cm³/mol. The molecule has 1 aromatic carbocycles. The molecule has 0 aliphatic heterocycles. The highest BCUT2D eigenvalue weighted by molar-refractivity contribution is 5.84. The molecule has 1 saturated carbocycles. The van der Waals surface area contributed by atoms with E-state index in [1.807, 2.05) is 13.8 Å². The van der Waals surface area contributed by atoms with Gasteiger partial charge in [0.05, 0.1) is 0 Å². The lowest BCUT2D eigenvalue weighted by Gasteiger charge is -2.22. The molecule has 142 valence electrons. The highest BCUT2D eigenvalue weighted by Gasteiger charge is 2.29. The van der Waals surface area contributed by atoms with Crippen LogP contribution >= 0.6 is 0 Å². The first-order chi connectivity index (χ1) is 12.8. The molecule has 0 aromatic heterocycles. The van der Waals surface area contributed by atoms with Gasteiger partial charge < -0.3 is 0 Å². The SMILES string of the molecule is C=C(C)/C(=C/C)C(=C)/C=C(C)/C(=C(/C(=C)C1CC1)c1ccccc1)C(C)C. The first-order valence-electron chi connectivity index (χ1n) is 9.96. The molecule has 27 heavy (non-hydrogen) atoms. The predicted octanol–water partition coefficient (Wildman–Crippen LogP) is 8.09. The van der Waals surface area contributed by atoms with Gasteiger partial charge in [-0.25, -0.2) is 0 Å². The standard InChI is InChI=1S/C27H34/c1-9-25(18(2)3)20(6)17-21(7)26(19(4)5)27(22(8)23-15-16-23)24-13-11-10-12-14-24/h9-14,17,19,23H,2,6,8,15-16H2,1,3-5,7H3/b21-17+,25-9-,27-26-. The van der Waals surface area contributed by atoms with E-state index in [9.17, 15) is 0 Å². The monoisotopic (exact) mass is 358 g/mol. The van der Waals surface area contributed by atoms with Crippen molar-refractivity contribution in [3.63, 3.8) is 0 Å². The second-order valence-corrected chi connectivity index (χ2v) is 7.94. The Kier molecular flexibility index (Phi) is 7.02. The van der Waals surface area contributed by atoms with Crippen molar-refractivity contribution in [3.05, 3.63) is 101 Å². The lowest BCUT2D eigenvalue weighted by Crippen LogP contribution is -2.05. The second kappa shape index (κ2) is 9.04. The molecule has 1 aliphatic rings. The van der Waals surface area contributed by atoms with Crippen LogP contribution in [0, 0.1) is 11.8 Å². The Hall–Kier alpha value is -2.34. The number of hydrogen-bond acceptors (Lipinski definition) is 0. The Morgan fingerprint density at radius 3 is 2.07 bits per heavy atom. The van der Waals surface area contributed by atoms with Gasteiger partial charge in [-0.15, -0.1) is 0 Å². The van der Waals surface area contributed by atoms with Crippen molar-refractivity contribution in [2.75, 3.05) is 0 Å². The summed E-state index contributed by atoms with van der Waals surface area (Å²) in [6.45, 7) is 23.7. The number of benzene rings is 1. The van der Waals surface area contributed by atoms with Crippen LogP contribution in [0.1, 0.15) is 53.0 Å². The van der Waals surface area contributed by atoms with E-state index in [0.717, 1.165) is 16.7 Å². The van der Waals surface area contributed by atoms with Gasteiger partial charge in [0.25, 0.3) is 0 Å². The Balaban J connectivity index is 2.62. The van der Waals surface area contributed by atoms with Crippen molar-refractivity contribution in [2.45, 2.75) is 47.5 Å². The molecule has 0 heteroatoms. The van der Waals surface area contributed by atoms with E-state index in [0.29, 0.717) is 11.8 Å². The fraction of sp³-hybridized carbons (Fsp3) is 0.333. The number of hydrogen-bond donors (Lipinski definition) is 0. The van der Waals surface area contributed by atoms with Gasteiger partial charge in [-0.2, -0.15) is 0 Å². The number of rotatable bonds is 8. The van der Waals surface area contributed by atoms with Crippen molar-refractivity contribution in [1.29, 1.82) is 0 Å². The van der Waals surface area contributed by atoms with Crippen LogP contribution in [0.4, 0.5) is 0 Å². The molecule has 0 saturated heterocycles. The van der Waals surface area contributed by atoms with Crippen molar-refractivity contribution in [3.8, 4) is 0 Å². The normalized spacial score (nSPS) is 16.2. The first-order valence-corrected chi connectivity index (χ1v) is 9.96. The highest BCUT2D eigenvalue weighted by atomic mass is 14.3. The summed E-state index contributed by atoms with van der Waals surface area (Å²) < 4.78 is 0. The van der Waals surface area contributed by atoms with Crippen molar-refractivity contribution in [1.82, 2.24) is 0 Å². The molecule has 0 N–H and O–H groups in total. The van der Waals surface area contributed by atoms with Crippen LogP contribution in [0.5, 0.6) is 0 Å². The minimum Gasteiger partial charge on any atom is -0.0955 e. The van der Waals surface area contributed by atoms with Gasteiger partial charge >= 0.3 is 0 Å². The summed E-state index contributed by atoms with van der Waals surface area (Å²) in [5, 5.41) is 0. The Morgan fingerprint density at radius 1 is 1.04 bits per heavy atom. The lowest BCUT2D eigenvalue weighted by atomic mass is 9.82. The highest BCUT2D eigenvalue weighted by Crippen LogP contribution is 2.45. The third-order valence-corrected chi connectivity index (χ3v) is 5.21. The molecule has 0 heterocycles. The maximum absolute atomic E-state index is 4.50. The van der Waals surface area contributed by atoms with E-state index in [2.05, 4.69) is 83.0 Å². The minimum absolute atomic E-state index is 0.402. The topological polar surface area (TPSA) is 0 Å². The zero-order valence-electron chi connectivity index (χ0n) is 17.7. The molecule has 0 bridgehead atoms. The maximum Gasteiger partial charge on any atom is -0.0118 e. The van der Waals surface area contributed by atoms with Crippen molar-refractivity contribution >= 4 is 5.57 Å². The third kappa shape index (κ3) is 5.10. The minimum atomic E-state index is 0.402. The smallest absolute Gasteiger partial charge is 0.0118 e. The summed E-state index contributed by atoms with van der Waals surface area (Å²) in [4.78, 5) is 0.